The molecule has 0 aliphatic rings. The third-order valence-corrected chi connectivity index (χ3v) is 5.47. The molecule has 2 amide bonds. The summed E-state index contributed by atoms with van der Waals surface area (Å²) in [5.74, 6) is -0.952. The van der Waals surface area contributed by atoms with Crippen molar-refractivity contribution in [2.45, 2.75) is 0 Å². The van der Waals surface area contributed by atoms with Gasteiger partial charge in [-0.05, 0) is 52.9 Å². The number of rotatable bonds is 4. The molecular formula is C24H16ClN7O2. The largest absolute Gasteiger partial charge is 0.270 e. The number of benzene rings is 3. The number of amides is 2. The summed E-state index contributed by atoms with van der Waals surface area (Å²) < 4.78 is 1.47. The molecule has 5 rings (SSSR count). The lowest BCUT2D eigenvalue weighted by molar-refractivity contribution is 0.0847. The van der Waals surface area contributed by atoms with E-state index in [0.717, 1.165) is 0 Å². The van der Waals surface area contributed by atoms with Gasteiger partial charge in [0.15, 0.2) is 0 Å². The number of hydrazine groups is 1. The lowest BCUT2D eigenvalue weighted by Crippen LogP contribution is -2.41. The highest BCUT2D eigenvalue weighted by Gasteiger charge is 2.16. The standard InChI is InChI=1S/C24H16ClN7O2/c25-20-7-3-1-6-18(20)22-13-19(17-5-2-4-8-21(17)27-22)24(34)29-28-23(33)15-9-11-16(12-10-15)32-14-26-30-31-32/h1-14H,(H,28,33)(H,29,34). The van der Waals surface area contributed by atoms with Gasteiger partial charge in [0, 0.05) is 21.5 Å². The zero-order chi connectivity index (χ0) is 23.5. The molecule has 3 aromatic carbocycles. The lowest BCUT2D eigenvalue weighted by atomic mass is 10.0. The Kier molecular flexibility index (Phi) is 5.67. The highest BCUT2D eigenvalue weighted by Crippen LogP contribution is 2.29. The summed E-state index contributed by atoms with van der Waals surface area (Å²) in [4.78, 5) is 30.3. The molecule has 2 aromatic heterocycles. The molecule has 5 aromatic rings. The number of nitrogens with one attached hydrogen (secondary N) is 2. The molecule has 2 N–H and O–H groups in total. The van der Waals surface area contributed by atoms with Crippen molar-refractivity contribution < 1.29 is 9.59 Å². The smallest absolute Gasteiger partial charge is 0.267 e. The molecule has 0 spiro atoms. The third kappa shape index (κ3) is 4.19. The van der Waals surface area contributed by atoms with Gasteiger partial charge in [-0.1, -0.05) is 48.0 Å². The van der Waals surface area contributed by atoms with Crippen LogP contribution < -0.4 is 10.9 Å². The lowest BCUT2D eigenvalue weighted by Gasteiger charge is -2.12. The van der Waals surface area contributed by atoms with Gasteiger partial charge in [-0.3, -0.25) is 20.4 Å². The normalized spacial score (nSPS) is 10.7. The Morgan fingerprint density at radius 2 is 1.59 bits per heavy atom. The maximum absolute atomic E-state index is 13.1. The second kappa shape index (κ2) is 9.08. The Bertz CT molecular complexity index is 1500. The van der Waals surface area contributed by atoms with Gasteiger partial charge in [0.2, 0.25) is 0 Å². The Balaban J connectivity index is 1.38. The number of aromatic nitrogens is 5. The SMILES string of the molecule is O=C(NNC(=O)c1cc(-c2ccccc2Cl)nc2ccccc12)c1ccc(-n2cnnn2)cc1. The van der Waals surface area contributed by atoms with Crippen molar-refractivity contribution in [1.29, 1.82) is 0 Å². The van der Waals surface area contributed by atoms with Crippen LogP contribution >= 0.6 is 11.6 Å². The van der Waals surface area contributed by atoms with E-state index in [0.29, 0.717) is 44.0 Å². The predicted molar refractivity (Wildman–Crippen MR) is 126 cm³/mol. The molecule has 34 heavy (non-hydrogen) atoms. The average molecular weight is 470 g/mol. The van der Waals surface area contributed by atoms with Gasteiger partial charge < -0.3 is 0 Å². The van der Waals surface area contributed by atoms with Crippen molar-refractivity contribution in [1.82, 2.24) is 36.0 Å². The molecule has 0 unspecified atom stereocenters. The van der Waals surface area contributed by atoms with E-state index < -0.39 is 11.8 Å². The first kappa shape index (κ1) is 21.2. The number of tetrazole rings is 1. The predicted octanol–water partition coefficient (Wildman–Crippen LogP) is 3.61. The number of fused-ring (bicyclic) bond motifs is 1. The van der Waals surface area contributed by atoms with Crippen molar-refractivity contribution >= 4 is 34.3 Å². The highest BCUT2D eigenvalue weighted by atomic mass is 35.5. The van der Waals surface area contributed by atoms with Crippen LogP contribution in [0.4, 0.5) is 0 Å². The van der Waals surface area contributed by atoms with Gasteiger partial charge in [0.25, 0.3) is 11.8 Å². The first-order valence-corrected chi connectivity index (χ1v) is 10.6. The van der Waals surface area contributed by atoms with Gasteiger partial charge in [-0.2, -0.15) is 0 Å². The molecule has 0 aliphatic carbocycles. The molecule has 0 saturated carbocycles. The van der Waals surface area contributed by atoms with Crippen LogP contribution in [0.25, 0.3) is 27.8 Å². The van der Waals surface area contributed by atoms with Crippen LogP contribution in [0.3, 0.4) is 0 Å². The fourth-order valence-corrected chi connectivity index (χ4v) is 3.70. The molecule has 0 saturated heterocycles. The number of para-hydroxylation sites is 1. The van der Waals surface area contributed by atoms with Crippen molar-refractivity contribution in [3.63, 3.8) is 0 Å². The number of carbonyl (C=O) groups is 2. The number of halogens is 1. The number of carbonyl (C=O) groups excluding carboxylic acids is 2. The quantitative estimate of drug-likeness (QED) is 0.389. The summed E-state index contributed by atoms with van der Waals surface area (Å²) in [5.41, 5.74) is 8.24. The van der Waals surface area contributed by atoms with E-state index in [2.05, 4.69) is 31.4 Å². The summed E-state index contributed by atoms with van der Waals surface area (Å²) in [6, 6.07) is 22.8. The molecular weight excluding hydrogens is 454 g/mol. The summed E-state index contributed by atoms with van der Waals surface area (Å²) in [6.07, 6.45) is 1.45. The van der Waals surface area contributed by atoms with Gasteiger partial charge in [-0.25, -0.2) is 9.67 Å². The monoisotopic (exact) mass is 469 g/mol. The highest BCUT2D eigenvalue weighted by molar-refractivity contribution is 6.33. The zero-order valence-corrected chi connectivity index (χ0v) is 18.3. The average Bonchev–Trinajstić information content (AvgIpc) is 3.42. The second-order valence-electron chi connectivity index (χ2n) is 7.26. The fraction of sp³-hybridized carbons (Fsp3) is 0. The first-order valence-electron chi connectivity index (χ1n) is 10.2. The van der Waals surface area contributed by atoms with Gasteiger partial charge in [0.1, 0.15) is 6.33 Å². The van der Waals surface area contributed by atoms with Crippen LogP contribution in [-0.2, 0) is 0 Å². The molecule has 10 heteroatoms. The van der Waals surface area contributed by atoms with E-state index in [1.54, 1.807) is 42.5 Å². The van der Waals surface area contributed by atoms with E-state index in [4.69, 9.17) is 11.6 Å². The van der Waals surface area contributed by atoms with Crippen LogP contribution in [0.5, 0.6) is 0 Å². The molecule has 0 aliphatic heterocycles. The number of hydrogen-bond donors (Lipinski definition) is 2. The molecule has 0 fully saturated rings. The van der Waals surface area contributed by atoms with E-state index in [1.165, 1.54) is 11.0 Å². The van der Waals surface area contributed by atoms with Crippen LogP contribution in [0.15, 0.2) is 85.2 Å². The van der Waals surface area contributed by atoms with Gasteiger partial charge >= 0.3 is 0 Å². The van der Waals surface area contributed by atoms with E-state index in [-0.39, 0.29) is 0 Å². The summed E-state index contributed by atoms with van der Waals surface area (Å²) in [6.45, 7) is 0. The Hall–Kier alpha value is -4.63. The maximum Gasteiger partial charge on any atom is 0.270 e. The first-order chi connectivity index (χ1) is 16.6. The minimum absolute atomic E-state index is 0.355. The number of hydrogen-bond acceptors (Lipinski definition) is 6. The Morgan fingerprint density at radius 1 is 0.853 bits per heavy atom. The van der Waals surface area contributed by atoms with Crippen molar-refractivity contribution in [3.8, 4) is 16.9 Å². The second-order valence-corrected chi connectivity index (χ2v) is 7.67. The molecule has 0 atom stereocenters. The van der Waals surface area contributed by atoms with Crippen molar-refractivity contribution in [2.75, 3.05) is 0 Å². The minimum Gasteiger partial charge on any atom is -0.267 e. The Labute approximate surface area is 198 Å². The molecule has 166 valence electrons. The number of nitrogens with zero attached hydrogens (tertiary/aromatic N) is 5. The topological polar surface area (TPSA) is 115 Å². The molecule has 9 nitrogen and oxygen atoms in total. The zero-order valence-electron chi connectivity index (χ0n) is 17.5. The van der Waals surface area contributed by atoms with Gasteiger partial charge in [-0.15, -0.1) is 5.10 Å². The summed E-state index contributed by atoms with van der Waals surface area (Å²) >= 11 is 6.35. The molecule has 0 bridgehead atoms. The van der Waals surface area contributed by atoms with Gasteiger partial charge in [0.05, 0.1) is 22.5 Å². The number of pyridine rings is 1. The van der Waals surface area contributed by atoms with Crippen molar-refractivity contribution in [3.05, 3.63) is 101 Å². The molecule has 0 radical (unpaired) electrons. The van der Waals surface area contributed by atoms with Crippen LogP contribution in [0.1, 0.15) is 20.7 Å². The maximum atomic E-state index is 13.1. The summed E-state index contributed by atoms with van der Waals surface area (Å²) in [7, 11) is 0. The molecule has 2 heterocycles. The van der Waals surface area contributed by atoms with E-state index in [9.17, 15) is 9.59 Å². The van der Waals surface area contributed by atoms with Crippen LogP contribution in [0.2, 0.25) is 5.02 Å². The summed E-state index contributed by atoms with van der Waals surface area (Å²) in [5, 5.41) is 12.1. The fourth-order valence-electron chi connectivity index (χ4n) is 3.47. The van der Waals surface area contributed by atoms with Crippen LogP contribution in [-0.4, -0.2) is 37.0 Å². The van der Waals surface area contributed by atoms with E-state index >= 15 is 0 Å². The van der Waals surface area contributed by atoms with E-state index in [1.807, 2.05) is 36.4 Å². The Morgan fingerprint density at radius 3 is 2.35 bits per heavy atom. The third-order valence-electron chi connectivity index (χ3n) is 5.14. The van der Waals surface area contributed by atoms with Crippen molar-refractivity contribution in [2.24, 2.45) is 0 Å². The minimum atomic E-state index is -0.481. The van der Waals surface area contributed by atoms with Crippen LogP contribution in [0, 0.1) is 0 Å².